The summed E-state index contributed by atoms with van der Waals surface area (Å²) in [5.41, 5.74) is 4.02. The number of imidazole rings is 1. The highest BCUT2D eigenvalue weighted by atomic mass is 16.5. The minimum Gasteiger partial charge on any atom is -0.480 e. The van der Waals surface area contributed by atoms with Crippen LogP contribution in [0.3, 0.4) is 0 Å². The number of nitrogens with zero attached hydrogens (tertiary/aromatic N) is 3. The van der Waals surface area contributed by atoms with Crippen LogP contribution in [-0.2, 0) is 37.5 Å². The number of hydrogen-bond acceptors (Lipinski definition) is 6. The van der Waals surface area contributed by atoms with Gasteiger partial charge >= 0.3 is 11.9 Å². The highest BCUT2D eigenvalue weighted by Crippen LogP contribution is 2.43. The third-order valence-electron chi connectivity index (χ3n) is 9.06. The summed E-state index contributed by atoms with van der Waals surface area (Å²) < 4.78 is 5.31. The second kappa shape index (κ2) is 16.6. The monoisotopic (exact) mass is 692 g/mol. The molecule has 6 rings (SSSR count). The lowest BCUT2D eigenvalue weighted by atomic mass is 9.69. The molecule has 9 heteroatoms. The number of aromatic nitrogens is 2. The number of esters is 1. The van der Waals surface area contributed by atoms with Crippen LogP contribution in [0, 0.1) is 0 Å². The smallest absolute Gasteiger partial charge is 0.329 e. The zero-order valence-electron chi connectivity index (χ0n) is 28.8. The van der Waals surface area contributed by atoms with Gasteiger partial charge in [0.05, 0.1) is 25.9 Å². The number of carboxylic acids is 1. The van der Waals surface area contributed by atoms with Gasteiger partial charge in [-0.2, -0.15) is 0 Å². The predicted molar refractivity (Wildman–Crippen MR) is 200 cm³/mol. The fourth-order valence-corrected chi connectivity index (χ4v) is 6.80. The molecule has 0 fully saturated rings. The Kier molecular flexibility index (Phi) is 11.3. The van der Waals surface area contributed by atoms with Crippen molar-refractivity contribution in [3.05, 3.63) is 192 Å². The van der Waals surface area contributed by atoms with Gasteiger partial charge in [0.25, 0.3) is 0 Å². The maximum Gasteiger partial charge on any atom is 0.329 e. The summed E-state index contributed by atoms with van der Waals surface area (Å²) in [7, 11) is 1.29. The van der Waals surface area contributed by atoms with E-state index in [0.29, 0.717) is 17.2 Å². The largest absolute Gasteiger partial charge is 0.480 e. The SMILES string of the molecule is COC(=O)[C@H](Cc1c[nH]c(C(c2ccccc2)(c2ccccc2)c2ccccc2)n1)N(C(=O)CN(CC(=O)O)Cc1ccccc1)c1ccccc1. The van der Waals surface area contributed by atoms with E-state index in [1.54, 1.807) is 35.4 Å². The standard InChI is InChI=1S/C43H40N4O5/c1-52-41(51)38(47(37-25-15-6-16-26-37)39(48)30-46(31-40(49)50)29-32-17-7-2-8-18-32)27-36-28-44-42(45-36)43(33-19-9-3-10-20-33,34-21-11-4-12-22-34)35-23-13-5-14-24-35/h2-26,28,38H,27,29-31H2,1H3,(H,44,45)(H,49,50)/t38-/m0/s1. The summed E-state index contributed by atoms with van der Waals surface area (Å²) in [5, 5.41) is 9.72. The van der Waals surface area contributed by atoms with Crippen LogP contribution in [0.5, 0.6) is 0 Å². The molecule has 0 aliphatic carbocycles. The number of nitrogens with one attached hydrogen (secondary N) is 1. The Balaban J connectivity index is 1.41. The molecule has 262 valence electrons. The molecule has 9 nitrogen and oxygen atoms in total. The summed E-state index contributed by atoms with van der Waals surface area (Å²) in [4.78, 5) is 51.5. The number of benzene rings is 5. The van der Waals surface area contributed by atoms with Crippen molar-refractivity contribution in [2.45, 2.75) is 24.4 Å². The van der Waals surface area contributed by atoms with Crippen molar-refractivity contribution in [1.82, 2.24) is 14.9 Å². The maximum absolute atomic E-state index is 14.4. The molecule has 6 aromatic rings. The van der Waals surface area contributed by atoms with Crippen LogP contribution in [0.4, 0.5) is 5.69 Å². The average molecular weight is 693 g/mol. The summed E-state index contributed by atoms with van der Waals surface area (Å²) >= 11 is 0. The second-order valence-electron chi connectivity index (χ2n) is 12.5. The molecule has 0 saturated heterocycles. The van der Waals surface area contributed by atoms with Gasteiger partial charge in [0.1, 0.15) is 17.3 Å². The summed E-state index contributed by atoms with van der Waals surface area (Å²) in [6.45, 7) is -0.391. The molecule has 1 heterocycles. The minimum atomic E-state index is -1.11. The number of aliphatic carboxylic acids is 1. The lowest BCUT2D eigenvalue weighted by Gasteiger charge is -2.34. The normalized spacial score (nSPS) is 11.9. The molecule has 5 aromatic carbocycles. The summed E-state index contributed by atoms with van der Waals surface area (Å²) in [5.74, 6) is -1.51. The van der Waals surface area contributed by atoms with E-state index in [1.807, 2.05) is 91.0 Å². The van der Waals surface area contributed by atoms with Gasteiger partial charge in [0.15, 0.2) is 0 Å². The number of amides is 1. The second-order valence-corrected chi connectivity index (χ2v) is 12.5. The third-order valence-corrected chi connectivity index (χ3v) is 9.06. The van der Waals surface area contributed by atoms with Crippen LogP contribution in [0.1, 0.15) is 33.8 Å². The van der Waals surface area contributed by atoms with Gasteiger partial charge in [0.2, 0.25) is 5.91 Å². The van der Waals surface area contributed by atoms with Crippen LogP contribution in [0.25, 0.3) is 0 Å². The fourth-order valence-electron chi connectivity index (χ4n) is 6.80. The molecular weight excluding hydrogens is 652 g/mol. The van der Waals surface area contributed by atoms with E-state index in [9.17, 15) is 19.5 Å². The van der Waals surface area contributed by atoms with Crippen molar-refractivity contribution in [1.29, 1.82) is 0 Å². The number of carbonyl (C=O) groups is 3. The lowest BCUT2D eigenvalue weighted by molar-refractivity contribution is -0.144. The molecule has 0 unspecified atom stereocenters. The highest BCUT2D eigenvalue weighted by Gasteiger charge is 2.42. The average Bonchev–Trinajstić information content (AvgIpc) is 3.65. The van der Waals surface area contributed by atoms with Gasteiger partial charge in [-0.1, -0.05) is 140 Å². The van der Waals surface area contributed by atoms with Crippen LogP contribution in [0.15, 0.2) is 158 Å². The molecule has 0 radical (unpaired) electrons. The zero-order chi connectivity index (χ0) is 36.3. The Hall–Kier alpha value is -6.32. The highest BCUT2D eigenvalue weighted by molar-refractivity contribution is 6.00. The molecule has 0 spiro atoms. The van der Waals surface area contributed by atoms with Gasteiger partial charge in [-0.25, -0.2) is 9.78 Å². The first-order chi connectivity index (χ1) is 25.4. The van der Waals surface area contributed by atoms with Gasteiger partial charge in [-0.05, 0) is 34.4 Å². The van der Waals surface area contributed by atoms with Gasteiger partial charge in [-0.3, -0.25) is 19.4 Å². The Bertz CT molecular complexity index is 1960. The molecular formula is C43H40N4O5. The zero-order valence-corrected chi connectivity index (χ0v) is 28.8. The maximum atomic E-state index is 14.4. The molecule has 0 bridgehead atoms. The number of carboxylic acid groups (broad SMARTS) is 1. The predicted octanol–water partition coefficient (Wildman–Crippen LogP) is 6.50. The van der Waals surface area contributed by atoms with E-state index < -0.39 is 29.3 Å². The number of anilines is 1. The third kappa shape index (κ3) is 7.85. The number of hydrogen-bond donors (Lipinski definition) is 2. The lowest BCUT2D eigenvalue weighted by Crippen LogP contribution is -2.51. The van der Waals surface area contributed by atoms with Crippen molar-refractivity contribution < 1.29 is 24.2 Å². The molecule has 1 amide bonds. The first kappa shape index (κ1) is 35.5. The van der Waals surface area contributed by atoms with Crippen LogP contribution >= 0.6 is 0 Å². The molecule has 0 saturated carbocycles. The van der Waals surface area contributed by atoms with Crippen molar-refractivity contribution in [2.75, 3.05) is 25.1 Å². The van der Waals surface area contributed by atoms with E-state index in [0.717, 1.165) is 22.3 Å². The molecule has 1 aromatic heterocycles. The van der Waals surface area contributed by atoms with E-state index in [4.69, 9.17) is 9.72 Å². The first-order valence-electron chi connectivity index (χ1n) is 17.0. The first-order valence-corrected chi connectivity index (χ1v) is 17.0. The van der Waals surface area contributed by atoms with E-state index in [-0.39, 0.29) is 26.1 Å². The molecule has 0 aliphatic heterocycles. The topological polar surface area (TPSA) is 116 Å². The summed E-state index contributed by atoms with van der Waals surface area (Å²) in [6, 6.07) is 47.5. The number of H-pyrrole nitrogens is 1. The Labute approximate surface area is 303 Å². The van der Waals surface area contributed by atoms with Crippen molar-refractivity contribution >= 4 is 23.5 Å². The Morgan fingerprint density at radius 2 is 1.19 bits per heavy atom. The van der Waals surface area contributed by atoms with Gasteiger partial charge < -0.3 is 14.8 Å². The number of rotatable bonds is 15. The van der Waals surface area contributed by atoms with Crippen molar-refractivity contribution in [3.8, 4) is 0 Å². The molecule has 0 aliphatic rings. The number of para-hydroxylation sites is 1. The van der Waals surface area contributed by atoms with Crippen molar-refractivity contribution in [2.24, 2.45) is 0 Å². The Morgan fingerprint density at radius 1 is 0.712 bits per heavy atom. The fraction of sp³-hybridized carbons (Fsp3) is 0.163. The van der Waals surface area contributed by atoms with Crippen LogP contribution in [0.2, 0.25) is 0 Å². The van der Waals surface area contributed by atoms with Crippen LogP contribution in [-0.4, -0.2) is 64.1 Å². The van der Waals surface area contributed by atoms with E-state index in [2.05, 4.69) is 41.4 Å². The summed E-state index contributed by atoms with van der Waals surface area (Å²) in [6.07, 6.45) is 1.80. The van der Waals surface area contributed by atoms with Gasteiger partial charge in [0, 0.05) is 24.8 Å². The Morgan fingerprint density at radius 3 is 1.67 bits per heavy atom. The molecule has 2 N–H and O–H groups in total. The number of aromatic amines is 1. The number of carbonyl (C=O) groups excluding carboxylic acids is 2. The molecule has 1 atom stereocenters. The molecule has 52 heavy (non-hydrogen) atoms. The van der Waals surface area contributed by atoms with E-state index >= 15 is 0 Å². The van der Waals surface area contributed by atoms with Crippen LogP contribution < -0.4 is 4.90 Å². The van der Waals surface area contributed by atoms with Gasteiger partial charge in [-0.15, -0.1) is 0 Å². The van der Waals surface area contributed by atoms with Crippen molar-refractivity contribution in [3.63, 3.8) is 0 Å². The van der Waals surface area contributed by atoms with E-state index in [1.165, 1.54) is 12.0 Å². The number of methoxy groups -OCH3 is 1. The minimum absolute atomic E-state index is 0.0237. The number of ether oxygens (including phenoxy) is 1. The quantitative estimate of drug-likeness (QED) is 0.0933.